The molecule has 0 aromatic carbocycles. The summed E-state index contributed by atoms with van der Waals surface area (Å²) in [6, 6.07) is 0. The molecule has 1 aromatic heterocycles. The molecule has 1 fully saturated rings. The smallest absolute Gasteiger partial charge is 0.330 e. The fraction of sp³-hybridized carbons (Fsp3) is 0.692. The molecule has 6 nitrogen and oxygen atoms in total. The van der Waals surface area contributed by atoms with Crippen molar-refractivity contribution in [2.75, 3.05) is 17.6 Å². The number of nitrogens with two attached hydrogens (primary N) is 1. The Bertz CT molecular complexity index is 543. The molecular weight excluding hydrogens is 244 g/mol. The molecule has 0 radical (unpaired) electrons. The first-order chi connectivity index (χ1) is 9.13. The van der Waals surface area contributed by atoms with Crippen LogP contribution >= 0.6 is 0 Å². The van der Waals surface area contributed by atoms with Crippen molar-refractivity contribution in [2.24, 2.45) is 5.92 Å². The van der Waals surface area contributed by atoms with Crippen molar-refractivity contribution in [1.82, 2.24) is 9.55 Å². The molecule has 1 aliphatic rings. The Morgan fingerprint density at radius 1 is 1.42 bits per heavy atom. The number of H-pyrrole nitrogens is 1. The van der Waals surface area contributed by atoms with Gasteiger partial charge in [0.05, 0.1) is 0 Å². The zero-order valence-electron chi connectivity index (χ0n) is 11.4. The lowest BCUT2D eigenvalue weighted by molar-refractivity contribution is 0.641. The second-order valence-corrected chi connectivity index (χ2v) is 5.18. The monoisotopic (exact) mass is 266 g/mol. The normalized spacial score (nSPS) is 14.6. The Balaban J connectivity index is 2.06. The van der Waals surface area contributed by atoms with Crippen LogP contribution in [0.3, 0.4) is 0 Å². The molecule has 2 rings (SSSR count). The Labute approximate surface area is 112 Å². The lowest BCUT2D eigenvalue weighted by Crippen LogP contribution is -2.34. The predicted octanol–water partition coefficient (Wildman–Crippen LogP) is 1.13. The van der Waals surface area contributed by atoms with Gasteiger partial charge in [0.2, 0.25) is 0 Å². The molecule has 1 saturated carbocycles. The minimum atomic E-state index is -0.437. The number of nitrogen functional groups attached to an aromatic ring is 1. The van der Waals surface area contributed by atoms with Gasteiger partial charge in [-0.3, -0.25) is 14.3 Å². The first-order valence-electron chi connectivity index (χ1n) is 7.00. The van der Waals surface area contributed by atoms with Gasteiger partial charge in [-0.25, -0.2) is 4.79 Å². The Kier molecular flexibility index (Phi) is 4.29. The fourth-order valence-electron chi connectivity index (χ4n) is 2.21. The average molecular weight is 266 g/mol. The number of aromatic nitrogens is 2. The minimum Gasteiger partial charge on any atom is -0.383 e. The van der Waals surface area contributed by atoms with E-state index in [1.807, 2.05) is 6.92 Å². The number of hydrogen-bond acceptors (Lipinski definition) is 4. The molecule has 4 N–H and O–H groups in total. The zero-order chi connectivity index (χ0) is 13.8. The molecule has 0 saturated heterocycles. The van der Waals surface area contributed by atoms with Gasteiger partial charge in [0.25, 0.3) is 5.56 Å². The maximum atomic E-state index is 11.7. The highest BCUT2D eigenvalue weighted by Gasteiger charge is 2.20. The van der Waals surface area contributed by atoms with Gasteiger partial charge >= 0.3 is 5.69 Å². The highest BCUT2D eigenvalue weighted by molar-refractivity contribution is 5.60. The van der Waals surface area contributed by atoms with Crippen LogP contribution in [-0.4, -0.2) is 16.1 Å². The van der Waals surface area contributed by atoms with E-state index in [-0.39, 0.29) is 5.82 Å². The largest absolute Gasteiger partial charge is 0.383 e. The summed E-state index contributed by atoms with van der Waals surface area (Å²) in [5, 5.41) is 3.06. The Morgan fingerprint density at radius 2 is 2.16 bits per heavy atom. The van der Waals surface area contributed by atoms with Crippen LogP contribution in [0.25, 0.3) is 0 Å². The molecule has 0 amide bonds. The van der Waals surface area contributed by atoms with E-state index in [1.54, 1.807) is 0 Å². The highest BCUT2D eigenvalue weighted by atomic mass is 16.2. The van der Waals surface area contributed by atoms with E-state index in [0.29, 0.717) is 18.8 Å². The maximum Gasteiger partial charge on any atom is 0.330 e. The molecule has 106 valence electrons. The van der Waals surface area contributed by atoms with Gasteiger partial charge in [0.15, 0.2) is 0 Å². The van der Waals surface area contributed by atoms with E-state index in [4.69, 9.17) is 5.73 Å². The van der Waals surface area contributed by atoms with Gasteiger partial charge in [0, 0.05) is 13.1 Å². The van der Waals surface area contributed by atoms with E-state index in [9.17, 15) is 9.59 Å². The van der Waals surface area contributed by atoms with E-state index < -0.39 is 11.2 Å². The molecule has 0 atom stereocenters. The van der Waals surface area contributed by atoms with Crippen LogP contribution in [0.2, 0.25) is 0 Å². The molecule has 0 unspecified atom stereocenters. The zero-order valence-corrected chi connectivity index (χ0v) is 11.4. The summed E-state index contributed by atoms with van der Waals surface area (Å²) in [6.45, 7) is 3.19. The third kappa shape index (κ3) is 3.39. The fourth-order valence-corrected chi connectivity index (χ4v) is 2.21. The van der Waals surface area contributed by atoms with Crippen molar-refractivity contribution in [3.63, 3.8) is 0 Å². The number of aromatic amines is 1. The first kappa shape index (κ1) is 13.7. The molecule has 0 aliphatic heterocycles. The SMILES string of the molecule is CCCn1c(N)c(NCCCC2CC2)c(=O)[nH]c1=O. The molecule has 0 bridgehead atoms. The van der Waals surface area contributed by atoms with E-state index in [2.05, 4.69) is 10.3 Å². The lowest BCUT2D eigenvalue weighted by atomic mass is 10.2. The van der Waals surface area contributed by atoms with Crippen LogP contribution in [0.15, 0.2) is 9.59 Å². The number of anilines is 2. The van der Waals surface area contributed by atoms with Crippen LogP contribution in [0.1, 0.15) is 39.0 Å². The quantitative estimate of drug-likeness (QED) is 0.645. The minimum absolute atomic E-state index is 0.238. The number of rotatable bonds is 7. The van der Waals surface area contributed by atoms with Crippen LogP contribution < -0.4 is 22.3 Å². The molecular formula is C13H22N4O2. The second-order valence-electron chi connectivity index (χ2n) is 5.18. The first-order valence-corrected chi connectivity index (χ1v) is 7.00. The van der Waals surface area contributed by atoms with Gasteiger partial charge in [0.1, 0.15) is 11.5 Å². The number of nitrogens with one attached hydrogen (secondary N) is 2. The summed E-state index contributed by atoms with van der Waals surface area (Å²) in [7, 11) is 0. The third-order valence-corrected chi connectivity index (χ3v) is 3.47. The van der Waals surface area contributed by atoms with Crippen molar-refractivity contribution >= 4 is 11.5 Å². The molecule has 19 heavy (non-hydrogen) atoms. The summed E-state index contributed by atoms with van der Waals surface area (Å²) >= 11 is 0. The van der Waals surface area contributed by atoms with Crippen LogP contribution in [0.5, 0.6) is 0 Å². The lowest BCUT2D eigenvalue weighted by Gasteiger charge is -2.13. The summed E-state index contributed by atoms with van der Waals surface area (Å²) in [5.41, 5.74) is 5.36. The molecule has 1 aliphatic carbocycles. The second kappa shape index (κ2) is 5.95. The van der Waals surface area contributed by atoms with Gasteiger partial charge in [-0.05, 0) is 25.2 Å². The van der Waals surface area contributed by atoms with Crippen molar-refractivity contribution in [3.05, 3.63) is 20.8 Å². The summed E-state index contributed by atoms with van der Waals surface area (Å²) in [6.07, 6.45) is 5.68. The van der Waals surface area contributed by atoms with Gasteiger partial charge in [-0.15, -0.1) is 0 Å². The number of hydrogen-bond donors (Lipinski definition) is 3. The van der Waals surface area contributed by atoms with Crippen LogP contribution in [0, 0.1) is 5.92 Å². The van der Waals surface area contributed by atoms with E-state index in [1.165, 1.54) is 23.8 Å². The Hall–Kier alpha value is -1.72. The molecule has 0 spiro atoms. The average Bonchev–Trinajstić information content (AvgIpc) is 3.17. The maximum absolute atomic E-state index is 11.7. The van der Waals surface area contributed by atoms with E-state index in [0.717, 1.165) is 18.8 Å². The van der Waals surface area contributed by atoms with Gasteiger partial charge in [-0.1, -0.05) is 19.8 Å². The molecule has 1 heterocycles. The number of nitrogens with zero attached hydrogens (tertiary/aromatic N) is 1. The van der Waals surface area contributed by atoms with Gasteiger partial charge < -0.3 is 11.1 Å². The third-order valence-electron chi connectivity index (χ3n) is 3.47. The molecule has 1 aromatic rings. The standard InChI is InChI=1S/C13H22N4O2/c1-2-8-17-11(14)10(12(18)16-13(17)19)15-7-3-4-9-5-6-9/h9,15H,2-8,14H2,1H3,(H,16,18,19). The summed E-state index contributed by atoms with van der Waals surface area (Å²) < 4.78 is 1.41. The van der Waals surface area contributed by atoms with Crippen molar-refractivity contribution in [2.45, 2.75) is 45.6 Å². The van der Waals surface area contributed by atoms with Gasteiger partial charge in [-0.2, -0.15) is 0 Å². The van der Waals surface area contributed by atoms with Crippen LogP contribution in [0.4, 0.5) is 11.5 Å². The topological polar surface area (TPSA) is 92.9 Å². The molecule has 6 heteroatoms. The van der Waals surface area contributed by atoms with Crippen molar-refractivity contribution in [3.8, 4) is 0 Å². The van der Waals surface area contributed by atoms with E-state index >= 15 is 0 Å². The predicted molar refractivity (Wildman–Crippen MR) is 76.5 cm³/mol. The Morgan fingerprint density at radius 3 is 2.79 bits per heavy atom. The van der Waals surface area contributed by atoms with Crippen molar-refractivity contribution in [1.29, 1.82) is 0 Å². The van der Waals surface area contributed by atoms with Crippen LogP contribution in [-0.2, 0) is 6.54 Å². The summed E-state index contributed by atoms with van der Waals surface area (Å²) in [5.74, 6) is 1.12. The van der Waals surface area contributed by atoms with Crippen molar-refractivity contribution < 1.29 is 0 Å². The summed E-state index contributed by atoms with van der Waals surface area (Å²) in [4.78, 5) is 25.7. The highest BCUT2D eigenvalue weighted by Crippen LogP contribution is 2.33.